The van der Waals surface area contributed by atoms with Gasteiger partial charge < -0.3 is 24.8 Å². The third-order valence-electron chi connectivity index (χ3n) is 5.34. The molecule has 34 heavy (non-hydrogen) atoms. The second-order valence-electron chi connectivity index (χ2n) is 8.29. The number of hydrogen-bond acceptors (Lipinski definition) is 7. The predicted octanol–water partition coefficient (Wildman–Crippen LogP) is 3.72. The summed E-state index contributed by atoms with van der Waals surface area (Å²) in [6.45, 7) is 4.70. The Kier molecular flexibility index (Phi) is 8.62. The first-order chi connectivity index (χ1) is 16.2. The Bertz CT molecular complexity index is 1080. The second-order valence-corrected chi connectivity index (χ2v) is 10.2. The molecule has 3 rings (SSSR count). The van der Waals surface area contributed by atoms with Gasteiger partial charge in [-0.25, -0.2) is 8.42 Å². The van der Waals surface area contributed by atoms with Crippen LogP contribution >= 0.6 is 0 Å². The molecule has 1 aliphatic rings. The van der Waals surface area contributed by atoms with E-state index >= 15 is 0 Å². The summed E-state index contributed by atoms with van der Waals surface area (Å²) in [4.78, 5) is 12.8. The van der Waals surface area contributed by atoms with E-state index in [9.17, 15) is 13.2 Å². The van der Waals surface area contributed by atoms with E-state index in [1.165, 1.54) is 24.6 Å². The molecule has 0 aromatic heterocycles. The number of sulfonamides is 1. The molecule has 0 bridgehead atoms. The van der Waals surface area contributed by atoms with Crippen molar-refractivity contribution in [1.82, 2.24) is 4.31 Å². The third kappa shape index (κ3) is 6.54. The van der Waals surface area contributed by atoms with Crippen molar-refractivity contribution in [3.05, 3.63) is 36.4 Å². The molecule has 1 aliphatic heterocycles. The highest BCUT2D eigenvalue weighted by Gasteiger charge is 2.27. The summed E-state index contributed by atoms with van der Waals surface area (Å²) in [6, 6.07) is 9.78. The van der Waals surface area contributed by atoms with Crippen LogP contribution in [0.5, 0.6) is 17.2 Å². The molecule has 2 N–H and O–H groups in total. The molecule has 186 valence electrons. The largest absolute Gasteiger partial charge is 0.497 e. The first-order valence-corrected chi connectivity index (χ1v) is 12.7. The van der Waals surface area contributed by atoms with E-state index in [1.54, 1.807) is 30.3 Å². The van der Waals surface area contributed by atoms with Gasteiger partial charge in [-0.05, 0) is 44.9 Å². The number of nitrogens with one attached hydrogen (secondary N) is 2. The first-order valence-electron chi connectivity index (χ1n) is 11.3. The number of carbonyl (C=O) groups is 1. The van der Waals surface area contributed by atoms with Crippen LogP contribution in [0.3, 0.4) is 0 Å². The van der Waals surface area contributed by atoms with Gasteiger partial charge in [-0.2, -0.15) is 4.31 Å². The number of ether oxygens (including phenoxy) is 3. The topological polar surface area (TPSA) is 106 Å². The number of nitrogens with zero attached hydrogens (tertiary/aromatic N) is 1. The molecule has 2 aromatic carbocycles. The van der Waals surface area contributed by atoms with Crippen molar-refractivity contribution in [3.8, 4) is 17.2 Å². The van der Waals surface area contributed by atoms with E-state index in [0.717, 1.165) is 19.3 Å². The van der Waals surface area contributed by atoms with Crippen molar-refractivity contribution in [3.63, 3.8) is 0 Å². The molecule has 0 spiro atoms. The zero-order chi connectivity index (χ0) is 24.7. The van der Waals surface area contributed by atoms with Crippen molar-refractivity contribution < 1.29 is 27.4 Å². The molecule has 0 saturated carbocycles. The monoisotopic (exact) mass is 491 g/mol. The van der Waals surface area contributed by atoms with Gasteiger partial charge in [-0.15, -0.1) is 0 Å². The van der Waals surface area contributed by atoms with Crippen LogP contribution in [-0.4, -0.2) is 58.6 Å². The highest BCUT2D eigenvalue weighted by molar-refractivity contribution is 7.89. The molecular formula is C24H33N3O6S. The normalized spacial score (nSPS) is 14.5. The highest BCUT2D eigenvalue weighted by Crippen LogP contribution is 2.31. The van der Waals surface area contributed by atoms with Crippen molar-refractivity contribution in [1.29, 1.82) is 0 Å². The number of hydrogen-bond donors (Lipinski definition) is 2. The minimum absolute atomic E-state index is 0.0960. The van der Waals surface area contributed by atoms with Gasteiger partial charge in [0.05, 0.1) is 37.5 Å². The summed E-state index contributed by atoms with van der Waals surface area (Å²) in [5.41, 5.74) is 0.952. The molecule has 0 aliphatic carbocycles. The van der Waals surface area contributed by atoms with Gasteiger partial charge in [0.2, 0.25) is 15.9 Å². The molecule has 1 heterocycles. The maximum atomic E-state index is 13.1. The van der Waals surface area contributed by atoms with Crippen molar-refractivity contribution in [2.75, 3.05) is 44.5 Å². The van der Waals surface area contributed by atoms with Crippen LogP contribution in [0.15, 0.2) is 41.3 Å². The lowest BCUT2D eigenvalue weighted by Gasteiger charge is -2.26. The SMILES string of the molecule is COc1cc(NC(=O)CNc2cc(S(=O)(=O)N3CCCCC3)ccc2OC(C)C)cc(OC)c1. The first kappa shape index (κ1) is 25.6. The summed E-state index contributed by atoms with van der Waals surface area (Å²) in [7, 11) is -0.561. The number of amides is 1. The summed E-state index contributed by atoms with van der Waals surface area (Å²) in [5, 5.41) is 5.82. The number of rotatable bonds is 10. The van der Waals surface area contributed by atoms with E-state index in [4.69, 9.17) is 14.2 Å². The lowest BCUT2D eigenvalue weighted by Crippen LogP contribution is -2.35. The Morgan fingerprint density at radius 1 is 1.00 bits per heavy atom. The van der Waals surface area contributed by atoms with Gasteiger partial charge in [-0.3, -0.25) is 4.79 Å². The zero-order valence-electron chi connectivity index (χ0n) is 20.1. The molecule has 0 atom stereocenters. The second kappa shape index (κ2) is 11.4. The predicted molar refractivity (Wildman–Crippen MR) is 131 cm³/mol. The fourth-order valence-electron chi connectivity index (χ4n) is 3.68. The van der Waals surface area contributed by atoms with Crippen LogP contribution in [0, 0.1) is 0 Å². The Balaban J connectivity index is 1.77. The van der Waals surface area contributed by atoms with Crippen LogP contribution in [0.2, 0.25) is 0 Å². The van der Waals surface area contributed by atoms with Gasteiger partial charge in [0.15, 0.2) is 0 Å². The number of anilines is 2. The van der Waals surface area contributed by atoms with Gasteiger partial charge in [0, 0.05) is 37.0 Å². The standard InChI is InChI=1S/C24H33N3O6S/c1-17(2)33-23-9-8-21(34(29,30)27-10-6-5-7-11-27)15-22(23)25-16-24(28)26-18-12-19(31-3)14-20(13-18)32-4/h8-9,12-15,17,25H,5-7,10-11,16H2,1-4H3,(H,26,28). The van der Waals surface area contributed by atoms with Crippen molar-refractivity contribution in [2.24, 2.45) is 0 Å². The van der Waals surface area contributed by atoms with Crippen LogP contribution in [-0.2, 0) is 14.8 Å². The summed E-state index contributed by atoms with van der Waals surface area (Å²) < 4.78 is 44.1. The number of carbonyl (C=O) groups excluding carboxylic acids is 1. The Morgan fingerprint density at radius 3 is 2.24 bits per heavy atom. The quantitative estimate of drug-likeness (QED) is 0.522. The van der Waals surface area contributed by atoms with Crippen LogP contribution in [0.4, 0.5) is 11.4 Å². The van der Waals surface area contributed by atoms with Crippen molar-refractivity contribution >= 4 is 27.3 Å². The summed E-state index contributed by atoms with van der Waals surface area (Å²) in [6.07, 6.45) is 2.62. The maximum Gasteiger partial charge on any atom is 0.243 e. The number of benzene rings is 2. The molecule has 0 radical (unpaired) electrons. The number of piperidine rings is 1. The zero-order valence-corrected chi connectivity index (χ0v) is 20.9. The van der Waals surface area contributed by atoms with E-state index in [0.29, 0.717) is 41.7 Å². The molecule has 1 fully saturated rings. The van der Waals surface area contributed by atoms with E-state index in [1.807, 2.05) is 13.8 Å². The fourth-order valence-corrected chi connectivity index (χ4v) is 5.22. The number of methoxy groups -OCH3 is 2. The minimum atomic E-state index is -3.62. The molecule has 10 heteroatoms. The van der Waals surface area contributed by atoms with Crippen LogP contribution in [0.1, 0.15) is 33.1 Å². The van der Waals surface area contributed by atoms with Crippen molar-refractivity contribution in [2.45, 2.75) is 44.1 Å². The van der Waals surface area contributed by atoms with Crippen LogP contribution in [0.25, 0.3) is 0 Å². The molecular weight excluding hydrogens is 458 g/mol. The Labute approximate surface area is 201 Å². The van der Waals surface area contributed by atoms with E-state index < -0.39 is 10.0 Å². The van der Waals surface area contributed by atoms with Gasteiger partial charge in [0.1, 0.15) is 17.2 Å². The average Bonchev–Trinajstić information content (AvgIpc) is 2.83. The smallest absolute Gasteiger partial charge is 0.243 e. The summed E-state index contributed by atoms with van der Waals surface area (Å²) in [5.74, 6) is 1.25. The average molecular weight is 492 g/mol. The molecule has 1 amide bonds. The van der Waals surface area contributed by atoms with E-state index in [2.05, 4.69) is 10.6 Å². The molecule has 2 aromatic rings. The fraction of sp³-hybridized carbons (Fsp3) is 0.458. The summed E-state index contributed by atoms with van der Waals surface area (Å²) >= 11 is 0. The molecule has 9 nitrogen and oxygen atoms in total. The third-order valence-corrected chi connectivity index (χ3v) is 7.24. The van der Waals surface area contributed by atoms with Gasteiger partial charge in [-0.1, -0.05) is 6.42 Å². The minimum Gasteiger partial charge on any atom is -0.497 e. The van der Waals surface area contributed by atoms with E-state index in [-0.39, 0.29) is 23.5 Å². The molecule has 0 unspecified atom stereocenters. The van der Waals surface area contributed by atoms with Gasteiger partial charge in [0.25, 0.3) is 0 Å². The highest BCUT2D eigenvalue weighted by atomic mass is 32.2. The Hall–Kier alpha value is -2.98. The Morgan fingerprint density at radius 2 is 1.65 bits per heavy atom. The lowest BCUT2D eigenvalue weighted by molar-refractivity contribution is -0.114. The molecule has 1 saturated heterocycles. The lowest BCUT2D eigenvalue weighted by atomic mass is 10.2. The maximum absolute atomic E-state index is 13.1. The van der Waals surface area contributed by atoms with Crippen LogP contribution < -0.4 is 24.8 Å². The van der Waals surface area contributed by atoms with Gasteiger partial charge >= 0.3 is 0 Å².